The van der Waals surface area contributed by atoms with Crippen molar-refractivity contribution in [3.05, 3.63) is 21.9 Å². The molecule has 1 fully saturated rings. The zero-order valence-corrected chi connectivity index (χ0v) is 14.2. The van der Waals surface area contributed by atoms with Crippen molar-refractivity contribution in [2.24, 2.45) is 0 Å². The number of rotatable bonds is 6. The minimum atomic E-state index is 0.201. The predicted octanol–water partition coefficient (Wildman–Crippen LogP) is 1.95. The molecule has 0 atom stereocenters. The van der Waals surface area contributed by atoms with Crippen molar-refractivity contribution in [2.75, 3.05) is 33.7 Å². The fourth-order valence-electron chi connectivity index (χ4n) is 2.70. The van der Waals surface area contributed by atoms with Gasteiger partial charge in [0, 0.05) is 44.6 Å². The van der Waals surface area contributed by atoms with Crippen LogP contribution in [-0.4, -0.2) is 55.5 Å². The fraction of sp³-hybridized carbons (Fsp3) is 0.688. The van der Waals surface area contributed by atoms with Gasteiger partial charge >= 0.3 is 0 Å². The van der Waals surface area contributed by atoms with Gasteiger partial charge in [-0.2, -0.15) is 0 Å². The first-order chi connectivity index (χ1) is 10.1. The van der Waals surface area contributed by atoms with Gasteiger partial charge in [-0.1, -0.05) is 6.92 Å². The zero-order chi connectivity index (χ0) is 15.2. The van der Waals surface area contributed by atoms with Gasteiger partial charge in [-0.25, -0.2) is 0 Å². The first-order valence-electron chi connectivity index (χ1n) is 7.81. The van der Waals surface area contributed by atoms with E-state index in [2.05, 4.69) is 28.6 Å². The third kappa shape index (κ3) is 4.80. The van der Waals surface area contributed by atoms with Crippen molar-refractivity contribution in [3.63, 3.8) is 0 Å². The molecule has 2 heterocycles. The number of likely N-dealkylation sites (N-methyl/N-ethyl adjacent to an activating group) is 1. The number of carbonyl (C=O) groups excluding carboxylic acids is 1. The van der Waals surface area contributed by atoms with Crippen molar-refractivity contribution >= 4 is 17.2 Å². The Morgan fingerprint density at radius 3 is 2.76 bits per heavy atom. The van der Waals surface area contributed by atoms with Crippen LogP contribution in [0.2, 0.25) is 0 Å². The second kappa shape index (κ2) is 7.92. The third-order valence-electron chi connectivity index (χ3n) is 4.22. The molecule has 2 rings (SSSR count). The second-order valence-electron chi connectivity index (χ2n) is 5.94. The maximum Gasteiger partial charge on any atom is 0.236 e. The molecule has 0 radical (unpaired) electrons. The van der Waals surface area contributed by atoms with Gasteiger partial charge in [0.1, 0.15) is 0 Å². The van der Waals surface area contributed by atoms with Gasteiger partial charge in [0.15, 0.2) is 0 Å². The van der Waals surface area contributed by atoms with E-state index in [1.165, 1.54) is 10.4 Å². The van der Waals surface area contributed by atoms with Crippen LogP contribution in [0.25, 0.3) is 0 Å². The summed E-state index contributed by atoms with van der Waals surface area (Å²) in [4.78, 5) is 17.1. The van der Waals surface area contributed by atoms with Gasteiger partial charge in [0.2, 0.25) is 5.91 Å². The molecule has 0 aliphatic carbocycles. The highest BCUT2D eigenvalue weighted by Crippen LogP contribution is 2.18. The van der Waals surface area contributed by atoms with Crippen molar-refractivity contribution in [3.8, 4) is 0 Å². The fourth-order valence-corrected chi connectivity index (χ4v) is 3.63. The highest BCUT2D eigenvalue weighted by atomic mass is 32.1. The Kier molecular flexibility index (Phi) is 6.21. The van der Waals surface area contributed by atoms with E-state index in [4.69, 9.17) is 0 Å². The summed E-state index contributed by atoms with van der Waals surface area (Å²) in [7, 11) is 3.64. The van der Waals surface area contributed by atoms with E-state index < -0.39 is 0 Å². The summed E-state index contributed by atoms with van der Waals surface area (Å²) in [5.74, 6) is 0.201. The van der Waals surface area contributed by atoms with Gasteiger partial charge in [0.05, 0.1) is 6.54 Å². The Labute approximate surface area is 132 Å². The summed E-state index contributed by atoms with van der Waals surface area (Å²) in [5.41, 5.74) is 1.47. The van der Waals surface area contributed by atoms with E-state index >= 15 is 0 Å². The van der Waals surface area contributed by atoms with Crippen molar-refractivity contribution in [1.82, 2.24) is 15.1 Å². The van der Waals surface area contributed by atoms with Crippen molar-refractivity contribution in [2.45, 2.75) is 38.8 Å². The smallest absolute Gasteiger partial charge is 0.236 e. The standard InChI is InChI=1S/C16H27N3OS/c1-4-13-7-10-21-15(13)11-17-14-5-8-19(9-6-14)12-16(20)18(2)3/h7,10,14,17H,4-6,8-9,11-12H2,1-3H3. The van der Waals surface area contributed by atoms with Crippen LogP contribution in [0.3, 0.4) is 0 Å². The van der Waals surface area contributed by atoms with Gasteiger partial charge in [-0.3, -0.25) is 9.69 Å². The van der Waals surface area contributed by atoms with Gasteiger partial charge < -0.3 is 10.2 Å². The maximum atomic E-state index is 11.7. The minimum absolute atomic E-state index is 0.201. The summed E-state index contributed by atoms with van der Waals surface area (Å²) in [6.45, 7) is 5.79. The van der Waals surface area contributed by atoms with Crippen LogP contribution in [0.4, 0.5) is 0 Å². The maximum absolute atomic E-state index is 11.7. The number of carbonyl (C=O) groups is 1. The number of piperidine rings is 1. The number of nitrogens with one attached hydrogen (secondary N) is 1. The molecule has 1 amide bonds. The van der Waals surface area contributed by atoms with E-state index in [0.29, 0.717) is 12.6 Å². The largest absolute Gasteiger partial charge is 0.348 e. The van der Waals surface area contributed by atoms with Crippen LogP contribution < -0.4 is 5.32 Å². The molecule has 0 aromatic carbocycles. The topological polar surface area (TPSA) is 35.6 Å². The molecule has 1 aromatic rings. The lowest BCUT2D eigenvalue weighted by Crippen LogP contribution is -2.45. The molecule has 0 saturated carbocycles. The van der Waals surface area contributed by atoms with E-state index in [-0.39, 0.29) is 5.91 Å². The number of aryl methyl sites for hydroxylation is 1. The van der Waals surface area contributed by atoms with E-state index in [0.717, 1.165) is 38.9 Å². The molecular weight excluding hydrogens is 282 g/mol. The second-order valence-corrected chi connectivity index (χ2v) is 6.94. The van der Waals surface area contributed by atoms with Gasteiger partial charge in [-0.15, -0.1) is 11.3 Å². The monoisotopic (exact) mass is 309 g/mol. The lowest BCUT2D eigenvalue weighted by atomic mass is 10.0. The van der Waals surface area contributed by atoms with Crippen LogP contribution >= 0.6 is 11.3 Å². The molecule has 4 nitrogen and oxygen atoms in total. The summed E-state index contributed by atoms with van der Waals surface area (Å²) in [6.07, 6.45) is 3.38. The van der Waals surface area contributed by atoms with E-state index in [9.17, 15) is 4.79 Å². The quantitative estimate of drug-likeness (QED) is 0.872. The highest BCUT2D eigenvalue weighted by molar-refractivity contribution is 7.10. The van der Waals surface area contributed by atoms with Crippen LogP contribution in [0.1, 0.15) is 30.2 Å². The minimum Gasteiger partial charge on any atom is -0.348 e. The van der Waals surface area contributed by atoms with Crippen LogP contribution in [0.15, 0.2) is 11.4 Å². The molecule has 5 heteroatoms. The lowest BCUT2D eigenvalue weighted by molar-refractivity contribution is -0.130. The first kappa shape index (κ1) is 16.5. The Morgan fingerprint density at radius 2 is 2.14 bits per heavy atom. The Hall–Kier alpha value is -0.910. The first-order valence-corrected chi connectivity index (χ1v) is 8.69. The molecule has 1 aliphatic heterocycles. The predicted molar refractivity (Wildman–Crippen MR) is 88.7 cm³/mol. The van der Waals surface area contributed by atoms with Crippen LogP contribution in [0.5, 0.6) is 0 Å². The lowest BCUT2D eigenvalue weighted by Gasteiger charge is -2.32. The summed E-state index contributed by atoms with van der Waals surface area (Å²) < 4.78 is 0. The van der Waals surface area contributed by atoms with Crippen molar-refractivity contribution < 1.29 is 4.79 Å². The summed E-state index contributed by atoms with van der Waals surface area (Å²) >= 11 is 1.85. The van der Waals surface area contributed by atoms with Gasteiger partial charge in [-0.05, 0) is 36.3 Å². The number of likely N-dealkylation sites (tertiary alicyclic amines) is 1. The van der Waals surface area contributed by atoms with Crippen LogP contribution in [-0.2, 0) is 17.8 Å². The molecule has 1 aliphatic rings. The highest BCUT2D eigenvalue weighted by Gasteiger charge is 2.21. The number of amides is 1. The van der Waals surface area contributed by atoms with Crippen molar-refractivity contribution in [1.29, 1.82) is 0 Å². The number of thiophene rings is 1. The van der Waals surface area contributed by atoms with Crippen LogP contribution in [0, 0.1) is 0 Å². The molecule has 1 N–H and O–H groups in total. The Balaban J connectivity index is 1.71. The molecule has 118 valence electrons. The Morgan fingerprint density at radius 1 is 1.43 bits per heavy atom. The molecule has 0 unspecified atom stereocenters. The Bertz CT molecular complexity index is 450. The molecule has 1 saturated heterocycles. The average molecular weight is 309 g/mol. The zero-order valence-electron chi connectivity index (χ0n) is 13.4. The van der Waals surface area contributed by atoms with E-state index in [1.807, 2.05) is 25.4 Å². The third-order valence-corrected chi connectivity index (χ3v) is 5.18. The summed E-state index contributed by atoms with van der Waals surface area (Å²) in [5, 5.41) is 5.87. The van der Waals surface area contributed by atoms with Gasteiger partial charge in [0.25, 0.3) is 0 Å². The number of hydrogen-bond donors (Lipinski definition) is 1. The SMILES string of the molecule is CCc1ccsc1CNC1CCN(CC(=O)N(C)C)CC1. The summed E-state index contributed by atoms with van der Waals surface area (Å²) in [6, 6.07) is 2.82. The normalized spacial score (nSPS) is 17.1. The molecule has 0 spiro atoms. The van der Waals surface area contributed by atoms with E-state index in [1.54, 1.807) is 4.90 Å². The number of nitrogens with zero attached hydrogens (tertiary/aromatic N) is 2. The molecular formula is C16H27N3OS. The molecule has 1 aromatic heterocycles. The average Bonchev–Trinajstić information content (AvgIpc) is 2.94. The number of hydrogen-bond acceptors (Lipinski definition) is 4. The molecule has 0 bridgehead atoms. The molecule has 21 heavy (non-hydrogen) atoms.